The summed E-state index contributed by atoms with van der Waals surface area (Å²) in [5.41, 5.74) is 2.48. The van der Waals surface area contributed by atoms with Crippen LogP contribution in [0.25, 0.3) is 0 Å². The van der Waals surface area contributed by atoms with Gasteiger partial charge >= 0.3 is 0 Å². The zero-order chi connectivity index (χ0) is 14.4. The first-order chi connectivity index (χ1) is 9.65. The predicted molar refractivity (Wildman–Crippen MR) is 86.9 cm³/mol. The summed E-state index contributed by atoms with van der Waals surface area (Å²) in [6.45, 7) is 5.74. The molecule has 1 heterocycles. The van der Waals surface area contributed by atoms with E-state index < -0.39 is 0 Å². The van der Waals surface area contributed by atoms with Gasteiger partial charge in [-0.2, -0.15) is 11.3 Å². The van der Waals surface area contributed by atoms with Gasteiger partial charge in [0.1, 0.15) is 5.75 Å². The molecule has 0 fully saturated rings. The fourth-order valence-electron chi connectivity index (χ4n) is 1.81. The molecule has 0 unspecified atom stereocenters. The van der Waals surface area contributed by atoms with Crippen molar-refractivity contribution in [2.75, 3.05) is 6.61 Å². The van der Waals surface area contributed by atoms with E-state index in [1.807, 2.05) is 12.1 Å². The zero-order valence-electron chi connectivity index (χ0n) is 11.9. The Labute approximate surface area is 129 Å². The second-order valence-corrected chi connectivity index (χ2v) is 6.22. The van der Waals surface area contributed by atoms with Crippen molar-refractivity contribution in [2.45, 2.75) is 32.9 Å². The quantitative estimate of drug-likeness (QED) is 0.812. The van der Waals surface area contributed by atoms with Crippen LogP contribution in [0.4, 0.5) is 0 Å². The van der Waals surface area contributed by atoms with Crippen LogP contribution in [0.15, 0.2) is 35.0 Å². The number of ether oxygens (including phenoxy) is 1. The Hall–Kier alpha value is -1.03. The molecule has 0 bridgehead atoms. The maximum atomic E-state index is 6.25. The molecule has 2 rings (SSSR count). The van der Waals surface area contributed by atoms with Crippen LogP contribution in [0.1, 0.15) is 25.0 Å². The summed E-state index contributed by atoms with van der Waals surface area (Å²) in [6, 6.07) is 8.57. The van der Waals surface area contributed by atoms with E-state index in [1.165, 1.54) is 11.1 Å². The van der Waals surface area contributed by atoms with Crippen LogP contribution in [-0.4, -0.2) is 12.6 Å². The molecule has 2 nitrogen and oxygen atoms in total. The van der Waals surface area contributed by atoms with E-state index in [0.29, 0.717) is 17.7 Å². The number of thiophene rings is 1. The van der Waals surface area contributed by atoms with Crippen LogP contribution < -0.4 is 10.1 Å². The fraction of sp³-hybridized carbons (Fsp3) is 0.375. The summed E-state index contributed by atoms with van der Waals surface area (Å²) in [7, 11) is 0. The fourth-order valence-corrected chi connectivity index (χ4v) is 2.77. The van der Waals surface area contributed by atoms with Gasteiger partial charge in [-0.25, -0.2) is 0 Å². The summed E-state index contributed by atoms with van der Waals surface area (Å²) in [6.07, 6.45) is 0.913. The first-order valence-corrected chi connectivity index (χ1v) is 8.13. The third-order valence-electron chi connectivity index (χ3n) is 2.94. The summed E-state index contributed by atoms with van der Waals surface area (Å²) in [5, 5.41) is 8.28. The van der Waals surface area contributed by atoms with Crippen LogP contribution in [0.5, 0.6) is 5.75 Å². The SMILES string of the molecule is CC(C)NCc1ccc(OCCc2ccsc2)c(Cl)c1. The van der Waals surface area contributed by atoms with Gasteiger partial charge in [0.2, 0.25) is 0 Å². The molecule has 1 N–H and O–H groups in total. The lowest BCUT2D eigenvalue weighted by Gasteiger charge is -2.11. The largest absolute Gasteiger partial charge is 0.492 e. The van der Waals surface area contributed by atoms with E-state index in [4.69, 9.17) is 16.3 Å². The topological polar surface area (TPSA) is 21.3 Å². The Bertz CT molecular complexity index is 525. The van der Waals surface area contributed by atoms with Crippen LogP contribution in [0, 0.1) is 0 Å². The summed E-state index contributed by atoms with van der Waals surface area (Å²) >= 11 is 7.96. The molecule has 0 aliphatic heterocycles. The van der Waals surface area contributed by atoms with Gasteiger partial charge in [0.25, 0.3) is 0 Å². The highest BCUT2D eigenvalue weighted by Gasteiger charge is 2.04. The van der Waals surface area contributed by atoms with E-state index in [1.54, 1.807) is 11.3 Å². The lowest BCUT2D eigenvalue weighted by atomic mass is 10.2. The van der Waals surface area contributed by atoms with E-state index >= 15 is 0 Å². The van der Waals surface area contributed by atoms with Gasteiger partial charge in [-0.15, -0.1) is 0 Å². The van der Waals surface area contributed by atoms with Crippen molar-refractivity contribution >= 4 is 22.9 Å². The average molecular weight is 310 g/mol. The number of hydrogen-bond donors (Lipinski definition) is 1. The smallest absolute Gasteiger partial charge is 0.137 e. The van der Waals surface area contributed by atoms with Gasteiger partial charge in [0.05, 0.1) is 11.6 Å². The van der Waals surface area contributed by atoms with Crippen molar-refractivity contribution in [1.82, 2.24) is 5.32 Å². The van der Waals surface area contributed by atoms with Crippen molar-refractivity contribution < 1.29 is 4.74 Å². The lowest BCUT2D eigenvalue weighted by Crippen LogP contribution is -2.21. The van der Waals surface area contributed by atoms with E-state index in [-0.39, 0.29) is 0 Å². The molecule has 0 radical (unpaired) electrons. The Morgan fingerprint density at radius 1 is 1.25 bits per heavy atom. The van der Waals surface area contributed by atoms with Crippen LogP contribution >= 0.6 is 22.9 Å². The molecule has 0 spiro atoms. The van der Waals surface area contributed by atoms with E-state index in [0.717, 1.165) is 18.7 Å². The Kier molecular flexibility index (Phi) is 5.89. The Balaban J connectivity index is 1.85. The first-order valence-electron chi connectivity index (χ1n) is 6.81. The molecule has 0 amide bonds. The molecule has 0 saturated heterocycles. The lowest BCUT2D eigenvalue weighted by molar-refractivity contribution is 0.322. The van der Waals surface area contributed by atoms with E-state index in [9.17, 15) is 0 Å². The van der Waals surface area contributed by atoms with Crippen molar-refractivity contribution in [3.05, 3.63) is 51.2 Å². The minimum absolute atomic E-state index is 0.468. The summed E-state index contributed by atoms with van der Waals surface area (Å²) in [5.74, 6) is 0.759. The molecular formula is C16H20ClNOS. The summed E-state index contributed by atoms with van der Waals surface area (Å²) in [4.78, 5) is 0. The molecule has 1 aromatic heterocycles. The van der Waals surface area contributed by atoms with Crippen molar-refractivity contribution in [3.63, 3.8) is 0 Å². The average Bonchev–Trinajstić information content (AvgIpc) is 2.92. The van der Waals surface area contributed by atoms with Gasteiger partial charge in [-0.05, 0) is 40.1 Å². The molecule has 1 aromatic carbocycles. The molecule has 108 valence electrons. The van der Waals surface area contributed by atoms with Crippen molar-refractivity contribution in [3.8, 4) is 5.75 Å². The maximum absolute atomic E-state index is 6.25. The zero-order valence-corrected chi connectivity index (χ0v) is 13.4. The highest BCUT2D eigenvalue weighted by molar-refractivity contribution is 7.07. The minimum atomic E-state index is 0.468. The van der Waals surface area contributed by atoms with Gasteiger partial charge in [-0.1, -0.05) is 31.5 Å². The molecule has 20 heavy (non-hydrogen) atoms. The molecule has 0 saturated carbocycles. The van der Waals surface area contributed by atoms with Gasteiger partial charge in [0.15, 0.2) is 0 Å². The second-order valence-electron chi connectivity index (χ2n) is 5.03. The molecule has 0 atom stereocenters. The van der Waals surface area contributed by atoms with Crippen molar-refractivity contribution in [1.29, 1.82) is 0 Å². The van der Waals surface area contributed by atoms with Crippen molar-refractivity contribution in [2.24, 2.45) is 0 Å². The first kappa shape index (κ1) is 15.4. The van der Waals surface area contributed by atoms with E-state index in [2.05, 4.69) is 42.1 Å². The monoisotopic (exact) mass is 309 g/mol. The third-order valence-corrected chi connectivity index (χ3v) is 3.97. The maximum Gasteiger partial charge on any atom is 0.137 e. The number of benzene rings is 1. The third kappa shape index (κ3) is 4.82. The highest BCUT2D eigenvalue weighted by atomic mass is 35.5. The second kappa shape index (κ2) is 7.67. The van der Waals surface area contributed by atoms with Gasteiger partial charge in [0, 0.05) is 19.0 Å². The number of halogens is 1. The number of nitrogens with one attached hydrogen (secondary N) is 1. The number of hydrogen-bond acceptors (Lipinski definition) is 3. The highest BCUT2D eigenvalue weighted by Crippen LogP contribution is 2.25. The normalized spacial score (nSPS) is 11.0. The summed E-state index contributed by atoms with van der Waals surface area (Å²) < 4.78 is 5.74. The standard InChI is InChI=1S/C16H20ClNOS/c1-12(2)18-10-14-3-4-16(15(17)9-14)19-7-5-13-6-8-20-11-13/h3-4,6,8-9,11-12,18H,5,7,10H2,1-2H3. The van der Waals surface area contributed by atoms with Gasteiger partial charge < -0.3 is 10.1 Å². The van der Waals surface area contributed by atoms with Crippen LogP contribution in [0.3, 0.4) is 0 Å². The minimum Gasteiger partial charge on any atom is -0.492 e. The van der Waals surface area contributed by atoms with Gasteiger partial charge in [-0.3, -0.25) is 0 Å². The van der Waals surface area contributed by atoms with Crippen LogP contribution in [-0.2, 0) is 13.0 Å². The molecule has 2 aromatic rings. The predicted octanol–water partition coefficient (Wildman–Crippen LogP) is 4.52. The molecule has 0 aliphatic carbocycles. The number of rotatable bonds is 7. The Morgan fingerprint density at radius 2 is 2.10 bits per heavy atom. The Morgan fingerprint density at radius 3 is 2.75 bits per heavy atom. The molecule has 0 aliphatic rings. The molecule has 4 heteroatoms. The molecular weight excluding hydrogens is 290 g/mol. The van der Waals surface area contributed by atoms with Crippen LogP contribution in [0.2, 0.25) is 5.02 Å².